The van der Waals surface area contributed by atoms with E-state index in [1.54, 1.807) is 12.5 Å². The molecule has 2 unspecified atom stereocenters. The average molecular weight is 273 g/mol. The molecule has 3 N–H and O–H groups in total. The van der Waals surface area contributed by atoms with Crippen LogP contribution in [0.4, 0.5) is 0 Å². The first-order valence-corrected chi connectivity index (χ1v) is 7.33. The Morgan fingerprint density at radius 2 is 2.39 bits per heavy atom. The molecule has 8 heteroatoms. The van der Waals surface area contributed by atoms with Crippen LogP contribution >= 0.6 is 0 Å². The van der Waals surface area contributed by atoms with Gasteiger partial charge in [-0.05, 0) is 6.42 Å². The quantitative estimate of drug-likeness (QED) is 0.664. The van der Waals surface area contributed by atoms with Gasteiger partial charge in [0.05, 0.1) is 11.9 Å². The second-order valence-corrected chi connectivity index (χ2v) is 5.86. The molecule has 0 bridgehead atoms. The summed E-state index contributed by atoms with van der Waals surface area (Å²) in [7, 11) is -0.854. The molecular formula is C10H19N5O2S. The Labute approximate surface area is 109 Å². The van der Waals surface area contributed by atoms with E-state index in [-0.39, 0.29) is 17.7 Å². The molecule has 1 rings (SSSR count). The second kappa shape index (κ2) is 7.22. The number of carbonyl (C=O) groups excluding carboxylic acids is 1. The highest BCUT2D eigenvalue weighted by atomic mass is 32.2. The van der Waals surface area contributed by atoms with Crippen LogP contribution in [0.25, 0.3) is 0 Å². The predicted molar refractivity (Wildman–Crippen MR) is 69.1 cm³/mol. The van der Waals surface area contributed by atoms with Gasteiger partial charge in [-0.25, -0.2) is 4.68 Å². The van der Waals surface area contributed by atoms with E-state index >= 15 is 0 Å². The molecule has 0 radical (unpaired) electrons. The molecule has 0 fully saturated rings. The molecule has 0 spiro atoms. The summed E-state index contributed by atoms with van der Waals surface area (Å²) in [5, 5.41) is 10.4. The molecule has 1 amide bonds. The van der Waals surface area contributed by atoms with Gasteiger partial charge < -0.3 is 11.1 Å². The predicted octanol–water partition coefficient (Wildman–Crippen LogP) is -0.990. The number of nitrogens with one attached hydrogen (secondary N) is 1. The molecule has 0 aliphatic rings. The lowest BCUT2D eigenvalue weighted by atomic mass is 10.3. The molecule has 0 aliphatic heterocycles. The summed E-state index contributed by atoms with van der Waals surface area (Å²) in [6.45, 7) is 2.84. The molecule has 7 nitrogen and oxygen atoms in total. The Bertz CT molecular complexity index is 420. The fourth-order valence-electron chi connectivity index (χ4n) is 1.29. The van der Waals surface area contributed by atoms with Crippen LogP contribution in [0.5, 0.6) is 0 Å². The van der Waals surface area contributed by atoms with Gasteiger partial charge in [0.2, 0.25) is 5.91 Å². The maximum atomic E-state index is 11.6. The maximum Gasteiger partial charge on any atom is 0.241 e. The molecule has 1 aromatic rings. The zero-order chi connectivity index (χ0) is 13.5. The molecule has 0 saturated carbocycles. The third kappa shape index (κ3) is 4.92. The van der Waals surface area contributed by atoms with E-state index in [1.807, 2.05) is 6.92 Å². The van der Waals surface area contributed by atoms with Crippen LogP contribution in [0.2, 0.25) is 0 Å². The van der Waals surface area contributed by atoms with Gasteiger partial charge in [-0.3, -0.25) is 9.00 Å². The van der Waals surface area contributed by atoms with Crippen LogP contribution < -0.4 is 11.1 Å². The summed E-state index contributed by atoms with van der Waals surface area (Å²) in [6.07, 6.45) is 4.00. The molecule has 0 saturated heterocycles. The van der Waals surface area contributed by atoms with E-state index in [0.717, 1.165) is 0 Å². The summed E-state index contributed by atoms with van der Waals surface area (Å²) in [4.78, 5) is 11.6. The minimum atomic E-state index is -0.854. The van der Waals surface area contributed by atoms with Gasteiger partial charge >= 0.3 is 0 Å². The van der Waals surface area contributed by atoms with Crippen molar-refractivity contribution in [1.29, 1.82) is 0 Å². The number of rotatable bonds is 7. The highest BCUT2D eigenvalue weighted by Crippen LogP contribution is 1.97. The summed E-state index contributed by atoms with van der Waals surface area (Å²) in [5.74, 6) is -0.141. The van der Waals surface area contributed by atoms with E-state index in [4.69, 9.17) is 5.73 Å². The number of amides is 1. The van der Waals surface area contributed by atoms with Crippen molar-refractivity contribution < 1.29 is 9.00 Å². The normalized spacial score (nSPS) is 14.2. The Hall–Kier alpha value is -1.28. The topological polar surface area (TPSA) is 103 Å². The van der Waals surface area contributed by atoms with Crippen molar-refractivity contribution in [2.24, 2.45) is 5.73 Å². The number of hydrogen-bond acceptors (Lipinski definition) is 5. The number of carbonyl (C=O) groups is 1. The molecule has 0 aromatic carbocycles. The van der Waals surface area contributed by atoms with Crippen LogP contribution in [-0.2, 0) is 28.7 Å². The molecule has 2 atom stereocenters. The average Bonchev–Trinajstić information content (AvgIpc) is 2.76. The van der Waals surface area contributed by atoms with E-state index in [2.05, 4.69) is 15.6 Å². The first-order valence-electron chi connectivity index (χ1n) is 5.71. The SMILES string of the molecule is CC(CCNC(=O)Cn1cc(CN)nn1)S(C)=O. The van der Waals surface area contributed by atoms with Crippen molar-refractivity contribution in [2.75, 3.05) is 12.8 Å². The molecular weight excluding hydrogens is 254 g/mol. The standard InChI is InChI=1S/C10H19N5O2S/c1-8(18(2)17)3-4-12-10(16)7-15-6-9(5-11)13-14-15/h6,8H,3-5,7,11H2,1-2H3,(H,12,16). The van der Waals surface area contributed by atoms with E-state index < -0.39 is 10.8 Å². The fourth-order valence-corrected chi connectivity index (χ4v) is 1.74. The van der Waals surface area contributed by atoms with Crippen molar-refractivity contribution in [3.05, 3.63) is 11.9 Å². The lowest BCUT2D eigenvalue weighted by molar-refractivity contribution is -0.121. The van der Waals surface area contributed by atoms with Gasteiger partial charge in [0, 0.05) is 35.4 Å². The number of aromatic nitrogens is 3. The van der Waals surface area contributed by atoms with E-state index in [1.165, 1.54) is 4.68 Å². The van der Waals surface area contributed by atoms with E-state index in [0.29, 0.717) is 25.2 Å². The number of nitrogens with two attached hydrogens (primary N) is 1. The summed E-state index contributed by atoms with van der Waals surface area (Å²) < 4.78 is 12.6. The summed E-state index contributed by atoms with van der Waals surface area (Å²) >= 11 is 0. The minimum absolute atomic E-state index is 0.0838. The summed E-state index contributed by atoms with van der Waals surface area (Å²) in [5.41, 5.74) is 6.04. The highest BCUT2D eigenvalue weighted by molar-refractivity contribution is 7.84. The molecule has 1 aromatic heterocycles. The zero-order valence-corrected chi connectivity index (χ0v) is 11.4. The van der Waals surface area contributed by atoms with Crippen molar-refractivity contribution in [2.45, 2.75) is 31.7 Å². The zero-order valence-electron chi connectivity index (χ0n) is 10.6. The van der Waals surface area contributed by atoms with Crippen molar-refractivity contribution in [3.63, 3.8) is 0 Å². The van der Waals surface area contributed by atoms with Crippen LogP contribution in [0.1, 0.15) is 19.0 Å². The third-order valence-electron chi connectivity index (χ3n) is 2.54. The Morgan fingerprint density at radius 1 is 1.67 bits per heavy atom. The minimum Gasteiger partial charge on any atom is -0.354 e. The molecule has 0 aliphatic carbocycles. The maximum absolute atomic E-state index is 11.6. The van der Waals surface area contributed by atoms with Gasteiger partial charge in [-0.2, -0.15) is 0 Å². The van der Waals surface area contributed by atoms with Crippen molar-refractivity contribution in [3.8, 4) is 0 Å². The third-order valence-corrected chi connectivity index (χ3v) is 3.91. The van der Waals surface area contributed by atoms with Crippen LogP contribution in [-0.4, -0.2) is 43.2 Å². The van der Waals surface area contributed by atoms with Gasteiger partial charge in [-0.15, -0.1) is 5.10 Å². The fraction of sp³-hybridized carbons (Fsp3) is 0.700. The monoisotopic (exact) mass is 273 g/mol. The number of hydrogen-bond donors (Lipinski definition) is 2. The Balaban J connectivity index is 2.27. The molecule has 18 heavy (non-hydrogen) atoms. The van der Waals surface area contributed by atoms with Gasteiger partial charge in [0.1, 0.15) is 6.54 Å². The Kier molecular flexibility index (Phi) is 5.93. The molecule has 102 valence electrons. The lowest BCUT2D eigenvalue weighted by Crippen LogP contribution is -2.30. The van der Waals surface area contributed by atoms with Gasteiger partial charge in [-0.1, -0.05) is 12.1 Å². The number of nitrogens with zero attached hydrogens (tertiary/aromatic N) is 3. The van der Waals surface area contributed by atoms with E-state index in [9.17, 15) is 9.00 Å². The second-order valence-electron chi connectivity index (χ2n) is 4.06. The van der Waals surface area contributed by atoms with Crippen LogP contribution in [0.3, 0.4) is 0 Å². The summed E-state index contributed by atoms with van der Waals surface area (Å²) in [6, 6.07) is 0. The first kappa shape index (κ1) is 14.8. The van der Waals surface area contributed by atoms with Crippen LogP contribution in [0, 0.1) is 0 Å². The van der Waals surface area contributed by atoms with Crippen LogP contribution in [0.15, 0.2) is 6.20 Å². The Morgan fingerprint density at radius 3 is 2.94 bits per heavy atom. The van der Waals surface area contributed by atoms with Crippen molar-refractivity contribution in [1.82, 2.24) is 20.3 Å². The highest BCUT2D eigenvalue weighted by Gasteiger charge is 2.08. The molecule has 1 heterocycles. The largest absolute Gasteiger partial charge is 0.354 e. The smallest absolute Gasteiger partial charge is 0.241 e. The first-order chi connectivity index (χ1) is 8.52. The van der Waals surface area contributed by atoms with Gasteiger partial charge in [0.25, 0.3) is 0 Å². The van der Waals surface area contributed by atoms with Gasteiger partial charge in [0.15, 0.2) is 0 Å². The van der Waals surface area contributed by atoms with Crippen molar-refractivity contribution >= 4 is 16.7 Å². The lowest BCUT2D eigenvalue weighted by Gasteiger charge is -2.09.